The van der Waals surface area contributed by atoms with Crippen LogP contribution in [0.25, 0.3) is 0 Å². The van der Waals surface area contributed by atoms with Gasteiger partial charge >= 0.3 is 0 Å². The molecule has 2 aliphatic rings. The molecule has 0 saturated carbocycles. The second kappa shape index (κ2) is 5.61. The summed E-state index contributed by atoms with van der Waals surface area (Å²) >= 11 is 0. The monoisotopic (exact) mass is 273 g/mol. The zero-order valence-corrected chi connectivity index (χ0v) is 11.9. The highest BCUT2D eigenvalue weighted by Crippen LogP contribution is 2.16. The molecule has 0 N–H and O–H groups in total. The summed E-state index contributed by atoms with van der Waals surface area (Å²) in [7, 11) is 0. The minimum Gasteiger partial charge on any atom is -0.474 e. The maximum absolute atomic E-state index is 5.61. The molecule has 0 amide bonds. The van der Waals surface area contributed by atoms with Gasteiger partial charge in [-0.1, -0.05) is 19.9 Å². The van der Waals surface area contributed by atoms with Crippen molar-refractivity contribution in [3.8, 4) is 0 Å². The minimum atomic E-state index is 0.250. The second-order valence-corrected chi connectivity index (χ2v) is 5.02. The summed E-state index contributed by atoms with van der Waals surface area (Å²) in [6.07, 6.45) is 1.97. The van der Waals surface area contributed by atoms with Gasteiger partial charge in [-0.3, -0.25) is 0 Å². The van der Waals surface area contributed by atoms with E-state index in [-0.39, 0.29) is 12.1 Å². The molecule has 0 saturated heterocycles. The zero-order valence-electron chi connectivity index (χ0n) is 11.9. The third-order valence-electron chi connectivity index (χ3n) is 3.55. The van der Waals surface area contributed by atoms with Crippen LogP contribution < -0.4 is 0 Å². The molecular weight excluding hydrogens is 254 g/mol. The molecule has 0 fully saturated rings. The van der Waals surface area contributed by atoms with Crippen LogP contribution in [-0.2, 0) is 9.47 Å². The fraction of sp³-hybridized carbons (Fsp3) is 0.533. The Hall–Kier alpha value is -1.91. The number of hydrogen-bond donors (Lipinski definition) is 0. The third kappa shape index (κ3) is 2.53. The van der Waals surface area contributed by atoms with E-state index in [1.165, 1.54) is 0 Å². The SMILES string of the molecule is CC[C@@H]1COC(c2cccc(C3=N[C@H](CC)CO3)n2)=N1. The van der Waals surface area contributed by atoms with Crippen LogP contribution in [0.1, 0.15) is 38.1 Å². The summed E-state index contributed by atoms with van der Waals surface area (Å²) in [5, 5.41) is 0. The van der Waals surface area contributed by atoms with Gasteiger partial charge in [-0.2, -0.15) is 0 Å². The summed E-state index contributed by atoms with van der Waals surface area (Å²) in [6.45, 7) is 5.51. The van der Waals surface area contributed by atoms with Crippen molar-refractivity contribution in [1.82, 2.24) is 4.98 Å². The fourth-order valence-electron chi connectivity index (χ4n) is 2.20. The normalized spacial score (nSPS) is 24.9. The third-order valence-corrected chi connectivity index (χ3v) is 3.55. The van der Waals surface area contributed by atoms with Crippen molar-refractivity contribution in [1.29, 1.82) is 0 Å². The van der Waals surface area contributed by atoms with Crippen LogP contribution >= 0.6 is 0 Å². The van der Waals surface area contributed by atoms with Gasteiger partial charge < -0.3 is 9.47 Å². The maximum Gasteiger partial charge on any atom is 0.235 e. The Balaban J connectivity index is 1.84. The standard InChI is InChI=1S/C15H19N3O2/c1-3-10-8-19-14(16-10)12-6-5-7-13(18-12)15-17-11(4-2)9-20-15/h5-7,10-11H,3-4,8-9H2,1-2H3/t10-,11-/m1/s1. The van der Waals surface area contributed by atoms with E-state index in [9.17, 15) is 0 Å². The van der Waals surface area contributed by atoms with Gasteiger partial charge in [0.25, 0.3) is 0 Å². The molecule has 3 heterocycles. The molecule has 5 heteroatoms. The smallest absolute Gasteiger partial charge is 0.235 e. The molecule has 1 aromatic rings. The largest absolute Gasteiger partial charge is 0.474 e. The van der Waals surface area contributed by atoms with Gasteiger partial charge in [-0.25, -0.2) is 15.0 Å². The molecule has 0 aliphatic carbocycles. The van der Waals surface area contributed by atoms with Crippen molar-refractivity contribution < 1.29 is 9.47 Å². The summed E-state index contributed by atoms with van der Waals surface area (Å²) in [5.74, 6) is 1.26. The molecule has 2 aliphatic heterocycles. The van der Waals surface area contributed by atoms with E-state index in [0.29, 0.717) is 25.0 Å². The van der Waals surface area contributed by atoms with E-state index in [4.69, 9.17) is 9.47 Å². The van der Waals surface area contributed by atoms with E-state index < -0.39 is 0 Å². The Morgan fingerprint density at radius 1 is 0.950 bits per heavy atom. The van der Waals surface area contributed by atoms with Gasteiger partial charge in [0.15, 0.2) is 0 Å². The summed E-state index contributed by atoms with van der Waals surface area (Å²) < 4.78 is 11.2. The van der Waals surface area contributed by atoms with Crippen molar-refractivity contribution in [2.75, 3.05) is 13.2 Å². The second-order valence-electron chi connectivity index (χ2n) is 5.02. The van der Waals surface area contributed by atoms with E-state index in [2.05, 4.69) is 28.8 Å². The van der Waals surface area contributed by atoms with Crippen LogP contribution in [0.2, 0.25) is 0 Å². The van der Waals surface area contributed by atoms with E-state index in [1.54, 1.807) is 0 Å². The lowest BCUT2D eigenvalue weighted by molar-refractivity contribution is 0.313. The number of pyridine rings is 1. The number of nitrogens with zero attached hydrogens (tertiary/aromatic N) is 3. The van der Waals surface area contributed by atoms with Crippen molar-refractivity contribution in [2.45, 2.75) is 38.8 Å². The van der Waals surface area contributed by atoms with Crippen LogP contribution in [0, 0.1) is 0 Å². The van der Waals surface area contributed by atoms with Gasteiger partial charge in [0.2, 0.25) is 11.8 Å². The van der Waals surface area contributed by atoms with Crippen molar-refractivity contribution in [3.05, 3.63) is 29.6 Å². The van der Waals surface area contributed by atoms with Gasteiger partial charge in [-0.15, -0.1) is 0 Å². The van der Waals surface area contributed by atoms with Crippen molar-refractivity contribution >= 4 is 11.8 Å². The van der Waals surface area contributed by atoms with Gasteiger partial charge in [0, 0.05) is 0 Å². The summed E-state index contributed by atoms with van der Waals surface area (Å²) in [4.78, 5) is 13.6. The van der Waals surface area contributed by atoms with E-state index in [0.717, 1.165) is 24.2 Å². The quantitative estimate of drug-likeness (QED) is 0.845. The molecule has 5 nitrogen and oxygen atoms in total. The first-order valence-corrected chi connectivity index (χ1v) is 7.19. The van der Waals surface area contributed by atoms with E-state index >= 15 is 0 Å². The van der Waals surface area contributed by atoms with Crippen LogP contribution in [0.5, 0.6) is 0 Å². The molecule has 0 unspecified atom stereocenters. The highest BCUT2D eigenvalue weighted by atomic mass is 16.5. The average molecular weight is 273 g/mol. The summed E-state index contributed by atoms with van der Waals surface area (Å²) in [5.41, 5.74) is 1.51. The zero-order chi connectivity index (χ0) is 13.9. The number of aromatic nitrogens is 1. The van der Waals surface area contributed by atoms with Crippen LogP contribution in [0.15, 0.2) is 28.2 Å². The van der Waals surface area contributed by atoms with E-state index in [1.807, 2.05) is 18.2 Å². The topological polar surface area (TPSA) is 56.1 Å². The molecule has 0 radical (unpaired) electrons. The predicted octanol–water partition coefficient (Wildman–Crippen LogP) is 2.19. The molecule has 0 spiro atoms. The molecular formula is C15H19N3O2. The highest BCUT2D eigenvalue weighted by molar-refractivity contribution is 5.97. The van der Waals surface area contributed by atoms with Crippen LogP contribution in [0.3, 0.4) is 0 Å². The van der Waals surface area contributed by atoms with Gasteiger partial charge in [-0.05, 0) is 25.0 Å². The Morgan fingerprint density at radius 2 is 1.45 bits per heavy atom. The van der Waals surface area contributed by atoms with Gasteiger partial charge in [0.1, 0.15) is 24.6 Å². The molecule has 2 atom stereocenters. The average Bonchev–Trinajstić information content (AvgIpc) is 3.16. The number of hydrogen-bond acceptors (Lipinski definition) is 5. The molecule has 0 aromatic carbocycles. The summed E-state index contributed by atoms with van der Waals surface area (Å²) in [6, 6.07) is 6.26. The lowest BCUT2D eigenvalue weighted by Gasteiger charge is -2.04. The Kier molecular flexibility index (Phi) is 3.67. The van der Waals surface area contributed by atoms with Crippen molar-refractivity contribution in [3.63, 3.8) is 0 Å². The minimum absolute atomic E-state index is 0.250. The lowest BCUT2D eigenvalue weighted by atomic mass is 10.2. The number of ether oxygens (including phenoxy) is 2. The molecule has 0 bridgehead atoms. The Morgan fingerprint density at radius 3 is 1.85 bits per heavy atom. The first-order chi connectivity index (χ1) is 9.80. The number of aliphatic imine (C=N–C) groups is 2. The van der Waals surface area contributed by atoms with Gasteiger partial charge in [0.05, 0.1) is 12.1 Å². The predicted molar refractivity (Wildman–Crippen MR) is 77.4 cm³/mol. The molecule has 20 heavy (non-hydrogen) atoms. The number of rotatable bonds is 4. The van der Waals surface area contributed by atoms with Crippen LogP contribution in [-0.4, -0.2) is 42.1 Å². The lowest BCUT2D eigenvalue weighted by Crippen LogP contribution is -2.10. The molecule has 3 rings (SSSR count). The molecule has 1 aromatic heterocycles. The maximum atomic E-state index is 5.61. The Bertz CT molecular complexity index is 509. The molecule has 106 valence electrons. The fourth-order valence-corrected chi connectivity index (χ4v) is 2.20. The highest BCUT2D eigenvalue weighted by Gasteiger charge is 2.22. The first kappa shape index (κ1) is 13.1. The first-order valence-electron chi connectivity index (χ1n) is 7.19. The van der Waals surface area contributed by atoms with Crippen LogP contribution in [0.4, 0.5) is 0 Å². The van der Waals surface area contributed by atoms with Crippen molar-refractivity contribution in [2.24, 2.45) is 9.98 Å². The Labute approximate surface area is 118 Å².